The van der Waals surface area contributed by atoms with Gasteiger partial charge in [0.25, 0.3) is 0 Å². The molecule has 0 saturated carbocycles. The fourth-order valence-electron chi connectivity index (χ4n) is 1.49. The van der Waals surface area contributed by atoms with Gasteiger partial charge >= 0.3 is 0 Å². The topological polar surface area (TPSA) is 41.1 Å². The van der Waals surface area contributed by atoms with Crippen molar-refractivity contribution in [2.75, 3.05) is 17.2 Å². The lowest BCUT2D eigenvalue weighted by molar-refractivity contribution is -0.114. The van der Waals surface area contributed by atoms with Gasteiger partial charge in [-0.05, 0) is 48.5 Å². The van der Waals surface area contributed by atoms with Crippen molar-refractivity contribution in [1.82, 2.24) is 0 Å². The maximum Gasteiger partial charge on any atom is 0.243 e. The van der Waals surface area contributed by atoms with Crippen molar-refractivity contribution in [2.24, 2.45) is 0 Å². The highest BCUT2D eigenvalue weighted by Crippen LogP contribution is 2.09. The minimum absolute atomic E-state index is 0.0447. The number of benzene rings is 2. The summed E-state index contributed by atoms with van der Waals surface area (Å²) in [6, 6.07) is 11.2. The molecule has 2 aromatic rings. The molecule has 0 aliphatic heterocycles. The standard InChI is InChI=1S/C14H12F2N2O/c15-10-1-5-12(6-2-10)17-9-14(19)18-13-7-3-11(16)4-8-13/h1-8,17H,9H2,(H,18,19). The van der Waals surface area contributed by atoms with Crippen molar-refractivity contribution < 1.29 is 13.6 Å². The van der Waals surface area contributed by atoms with Crippen LogP contribution in [0.2, 0.25) is 0 Å². The van der Waals surface area contributed by atoms with E-state index in [0.717, 1.165) is 0 Å². The molecule has 0 radical (unpaired) electrons. The van der Waals surface area contributed by atoms with Crippen LogP contribution in [-0.2, 0) is 4.79 Å². The molecule has 0 spiro atoms. The van der Waals surface area contributed by atoms with Gasteiger partial charge in [-0.1, -0.05) is 0 Å². The molecule has 0 aromatic heterocycles. The van der Waals surface area contributed by atoms with E-state index < -0.39 is 0 Å². The van der Waals surface area contributed by atoms with E-state index in [4.69, 9.17) is 0 Å². The van der Waals surface area contributed by atoms with Gasteiger partial charge < -0.3 is 10.6 Å². The molecule has 0 bridgehead atoms. The Bertz CT molecular complexity index is 553. The van der Waals surface area contributed by atoms with E-state index >= 15 is 0 Å². The van der Waals surface area contributed by atoms with Crippen LogP contribution in [0.1, 0.15) is 0 Å². The number of carbonyl (C=O) groups excluding carboxylic acids is 1. The van der Waals surface area contributed by atoms with Crippen molar-refractivity contribution in [2.45, 2.75) is 0 Å². The Kier molecular flexibility index (Phi) is 4.07. The van der Waals surface area contributed by atoms with Gasteiger partial charge in [-0.2, -0.15) is 0 Å². The van der Waals surface area contributed by atoms with E-state index in [1.807, 2.05) is 0 Å². The van der Waals surface area contributed by atoms with E-state index in [-0.39, 0.29) is 24.1 Å². The Morgan fingerprint density at radius 3 is 1.84 bits per heavy atom. The van der Waals surface area contributed by atoms with Crippen LogP contribution in [0.25, 0.3) is 0 Å². The highest BCUT2D eigenvalue weighted by Gasteiger charge is 2.02. The highest BCUT2D eigenvalue weighted by molar-refractivity contribution is 5.93. The summed E-state index contributed by atoms with van der Waals surface area (Å²) >= 11 is 0. The molecule has 0 saturated heterocycles. The number of hydrogen-bond acceptors (Lipinski definition) is 2. The van der Waals surface area contributed by atoms with Gasteiger partial charge in [0.2, 0.25) is 5.91 Å². The molecule has 0 unspecified atom stereocenters. The van der Waals surface area contributed by atoms with Crippen LogP contribution in [0.15, 0.2) is 48.5 Å². The first kappa shape index (κ1) is 13.0. The third kappa shape index (κ3) is 4.06. The quantitative estimate of drug-likeness (QED) is 0.889. The monoisotopic (exact) mass is 262 g/mol. The fourth-order valence-corrected chi connectivity index (χ4v) is 1.49. The fraction of sp³-hybridized carbons (Fsp3) is 0.0714. The largest absolute Gasteiger partial charge is 0.376 e. The molecule has 19 heavy (non-hydrogen) atoms. The number of carbonyl (C=O) groups is 1. The first-order valence-electron chi connectivity index (χ1n) is 5.68. The normalized spacial score (nSPS) is 10.0. The molecule has 0 aliphatic rings. The zero-order valence-corrected chi connectivity index (χ0v) is 9.99. The summed E-state index contributed by atoms with van der Waals surface area (Å²) < 4.78 is 25.3. The Hall–Kier alpha value is -2.43. The molecule has 1 amide bonds. The molecule has 2 N–H and O–H groups in total. The van der Waals surface area contributed by atoms with Crippen LogP contribution in [0.3, 0.4) is 0 Å². The molecule has 2 rings (SSSR count). The molecule has 5 heteroatoms. The third-order valence-electron chi connectivity index (χ3n) is 2.43. The second kappa shape index (κ2) is 5.95. The van der Waals surface area contributed by atoms with E-state index in [0.29, 0.717) is 11.4 Å². The minimum atomic E-state index is -0.359. The maximum atomic E-state index is 12.7. The van der Waals surface area contributed by atoms with Crippen LogP contribution < -0.4 is 10.6 Å². The van der Waals surface area contributed by atoms with Crippen molar-refractivity contribution in [3.63, 3.8) is 0 Å². The zero-order valence-electron chi connectivity index (χ0n) is 9.99. The molecule has 0 aliphatic carbocycles. The second-order valence-electron chi connectivity index (χ2n) is 3.92. The third-order valence-corrected chi connectivity index (χ3v) is 2.43. The predicted octanol–water partition coefficient (Wildman–Crippen LogP) is 3.02. The lowest BCUT2D eigenvalue weighted by atomic mass is 10.3. The van der Waals surface area contributed by atoms with E-state index in [1.165, 1.54) is 36.4 Å². The van der Waals surface area contributed by atoms with Crippen LogP contribution >= 0.6 is 0 Å². The van der Waals surface area contributed by atoms with Gasteiger partial charge in [-0.3, -0.25) is 4.79 Å². The van der Waals surface area contributed by atoms with Crippen molar-refractivity contribution in [1.29, 1.82) is 0 Å². The smallest absolute Gasteiger partial charge is 0.243 e. The Morgan fingerprint density at radius 1 is 0.842 bits per heavy atom. The Labute approximate surface area is 109 Å². The average Bonchev–Trinajstić information content (AvgIpc) is 2.41. The summed E-state index contributed by atoms with van der Waals surface area (Å²) in [7, 11) is 0. The second-order valence-corrected chi connectivity index (χ2v) is 3.92. The molecule has 2 aromatic carbocycles. The number of amides is 1. The molecule has 98 valence electrons. The molecule has 3 nitrogen and oxygen atoms in total. The first-order chi connectivity index (χ1) is 9.13. The molecule has 0 fully saturated rings. The number of halogens is 2. The number of nitrogens with one attached hydrogen (secondary N) is 2. The maximum absolute atomic E-state index is 12.7. The van der Waals surface area contributed by atoms with Crippen LogP contribution in [0.4, 0.5) is 20.2 Å². The Morgan fingerprint density at radius 2 is 1.32 bits per heavy atom. The highest BCUT2D eigenvalue weighted by atomic mass is 19.1. The lowest BCUT2D eigenvalue weighted by Crippen LogP contribution is -2.21. The number of anilines is 2. The van der Waals surface area contributed by atoms with Crippen LogP contribution in [-0.4, -0.2) is 12.5 Å². The van der Waals surface area contributed by atoms with Gasteiger partial charge in [-0.15, -0.1) is 0 Å². The predicted molar refractivity (Wildman–Crippen MR) is 69.9 cm³/mol. The van der Waals surface area contributed by atoms with Gasteiger partial charge in [0.15, 0.2) is 0 Å². The molecule has 0 atom stereocenters. The minimum Gasteiger partial charge on any atom is -0.376 e. The van der Waals surface area contributed by atoms with Gasteiger partial charge in [0.1, 0.15) is 11.6 Å². The molecular weight excluding hydrogens is 250 g/mol. The van der Waals surface area contributed by atoms with E-state index in [9.17, 15) is 13.6 Å². The van der Waals surface area contributed by atoms with Crippen LogP contribution in [0.5, 0.6) is 0 Å². The number of hydrogen-bond donors (Lipinski definition) is 2. The lowest BCUT2D eigenvalue weighted by Gasteiger charge is -2.07. The van der Waals surface area contributed by atoms with Crippen molar-refractivity contribution in [3.8, 4) is 0 Å². The van der Waals surface area contributed by atoms with Crippen molar-refractivity contribution in [3.05, 3.63) is 60.2 Å². The summed E-state index contributed by atoms with van der Waals surface area (Å²) in [4.78, 5) is 11.6. The van der Waals surface area contributed by atoms with Gasteiger partial charge in [-0.25, -0.2) is 8.78 Å². The molecule has 0 heterocycles. The van der Waals surface area contributed by atoms with Gasteiger partial charge in [0, 0.05) is 11.4 Å². The first-order valence-corrected chi connectivity index (χ1v) is 5.68. The summed E-state index contributed by atoms with van der Waals surface area (Å²) in [5, 5.41) is 5.46. The molecular formula is C14H12F2N2O. The average molecular weight is 262 g/mol. The van der Waals surface area contributed by atoms with Crippen molar-refractivity contribution >= 4 is 17.3 Å². The summed E-state index contributed by atoms with van der Waals surface area (Å²) in [6.07, 6.45) is 0. The SMILES string of the molecule is O=C(CNc1ccc(F)cc1)Nc1ccc(F)cc1. The van der Waals surface area contributed by atoms with E-state index in [1.54, 1.807) is 12.1 Å². The zero-order chi connectivity index (χ0) is 13.7. The van der Waals surface area contributed by atoms with Gasteiger partial charge in [0.05, 0.1) is 6.54 Å². The Balaban J connectivity index is 1.84. The summed E-state index contributed by atoms with van der Waals surface area (Å²) in [5.74, 6) is -0.959. The summed E-state index contributed by atoms with van der Waals surface area (Å²) in [5.41, 5.74) is 1.17. The summed E-state index contributed by atoms with van der Waals surface area (Å²) in [6.45, 7) is 0.0447. The van der Waals surface area contributed by atoms with E-state index in [2.05, 4.69) is 10.6 Å². The number of rotatable bonds is 4. The van der Waals surface area contributed by atoms with Crippen LogP contribution in [0, 0.1) is 11.6 Å².